The second-order valence-corrected chi connectivity index (χ2v) is 8.13. The molecule has 0 saturated carbocycles. The molecule has 0 aliphatic carbocycles. The number of nitrogens with zero attached hydrogens (tertiary/aromatic N) is 1. The first-order valence-corrected chi connectivity index (χ1v) is 9.76. The average molecular weight is 364 g/mol. The van der Waals surface area contributed by atoms with Gasteiger partial charge in [0.05, 0.1) is 5.69 Å². The molecule has 0 aliphatic heterocycles. The summed E-state index contributed by atoms with van der Waals surface area (Å²) in [6, 6.07) is 34.0. The van der Waals surface area contributed by atoms with Gasteiger partial charge in [0.2, 0.25) is 0 Å². The topological polar surface area (TPSA) is 12.9 Å². The summed E-state index contributed by atoms with van der Waals surface area (Å²) in [5.74, 6) is 0. The molecule has 0 radical (unpaired) electrons. The van der Waals surface area contributed by atoms with Gasteiger partial charge in [0.25, 0.3) is 0 Å². The van der Waals surface area contributed by atoms with E-state index in [0.717, 1.165) is 17.0 Å². The van der Waals surface area contributed by atoms with Crippen LogP contribution in [0, 0.1) is 0 Å². The summed E-state index contributed by atoms with van der Waals surface area (Å²) in [6.45, 7) is 6.67. The smallest absolute Gasteiger partial charge is 0.0790 e. The Labute approximate surface area is 167 Å². The highest BCUT2D eigenvalue weighted by molar-refractivity contribution is 5.93. The Morgan fingerprint density at radius 2 is 1.04 bits per heavy atom. The number of benzene rings is 3. The molecule has 0 amide bonds. The summed E-state index contributed by atoms with van der Waals surface area (Å²) in [5.41, 5.74) is 8.06. The van der Waals surface area contributed by atoms with Crippen LogP contribution in [0.2, 0.25) is 0 Å². The van der Waals surface area contributed by atoms with E-state index in [4.69, 9.17) is 4.98 Å². The highest BCUT2D eigenvalue weighted by Crippen LogP contribution is 2.41. The van der Waals surface area contributed by atoms with Gasteiger partial charge in [0.1, 0.15) is 0 Å². The van der Waals surface area contributed by atoms with Crippen LogP contribution in [0.3, 0.4) is 0 Å². The molecule has 0 bridgehead atoms. The van der Waals surface area contributed by atoms with Crippen molar-refractivity contribution in [1.82, 2.24) is 4.98 Å². The molecule has 0 saturated heterocycles. The molecule has 0 aliphatic rings. The Balaban J connectivity index is 2.11. The van der Waals surface area contributed by atoms with Crippen molar-refractivity contribution in [3.05, 3.63) is 103 Å². The van der Waals surface area contributed by atoms with E-state index in [1.54, 1.807) is 0 Å². The lowest BCUT2D eigenvalue weighted by atomic mass is 9.85. The van der Waals surface area contributed by atoms with Crippen molar-refractivity contribution < 1.29 is 0 Å². The number of rotatable bonds is 3. The van der Waals surface area contributed by atoms with E-state index in [0.29, 0.717) is 0 Å². The van der Waals surface area contributed by atoms with Crippen molar-refractivity contribution in [3.63, 3.8) is 0 Å². The van der Waals surface area contributed by atoms with Gasteiger partial charge in [-0.1, -0.05) is 112 Å². The molecule has 1 nitrogen and oxygen atoms in total. The van der Waals surface area contributed by atoms with Crippen molar-refractivity contribution in [3.8, 4) is 33.5 Å². The van der Waals surface area contributed by atoms with Crippen LogP contribution in [-0.2, 0) is 5.41 Å². The van der Waals surface area contributed by atoms with E-state index < -0.39 is 0 Å². The molecule has 0 fully saturated rings. The second kappa shape index (κ2) is 7.44. The van der Waals surface area contributed by atoms with Crippen LogP contribution in [0.15, 0.2) is 97.1 Å². The fourth-order valence-electron chi connectivity index (χ4n) is 3.48. The molecule has 0 unspecified atom stereocenters. The van der Waals surface area contributed by atoms with Crippen molar-refractivity contribution >= 4 is 0 Å². The number of pyridine rings is 1. The van der Waals surface area contributed by atoms with Gasteiger partial charge in [-0.25, -0.2) is 0 Å². The van der Waals surface area contributed by atoms with E-state index in [2.05, 4.69) is 118 Å². The molecular formula is C27H25N. The van der Waals surface area contributed by atoms with Crippen LogP contribution < -0.4 is 0 Å². The summed E-state index contributed by atoms with van der Waals surface area (Å²) >= 11 is 0. The lowest BCUT2D eigenvalue weighted by molar-refractivity contribution is 0.570. The van der Waals surface area contributed by atoms with E-state index in [-0.39, 0.29) is 5.41 Å². The maximum absolute atomic E-state index is 5.18. The van der Waals surface area contributed by atoms with Gasteiger partial charge in [-0.3, -0.25) is 4.98 Å². The Morgan fingerprint density at radius 3 is 1.54 bits per heavy atom. The molecule has 3 aromatic carbocycles. The fourth-order valence-corrected chi connectivity index (χ4v) is 3.48. The highest BCUT2D eigenvalue weighted by atomic mass is 14.7. The Morgan fingerprint density at radius 1 is 0.571 bits per heavy atom. The minimum Gasteiger partial charge on any atom is -0.252 e. The fraction of sp³-hybridized carbons (Fsp3) is 0.148. The van der Waals surface area contributed by atoms with Gasteiger partial charge in [0.15, 0.2) is 0 Å². The van der Waals surface area contributed by atoms with Crippen LogP contribution in [0.5, 0.6) is 0 Å². The first-order chi connectivity index (χ1) is 13.5. The van der Waals surface area contributed by atoms with E-state index in [9.17, 15) is 0 Å². The molecule has 138 valence electrons. The molecule has 4 aromatic rings. The number of aromatic nitrogens is 1. The molecular weight excluding hydrogens is 338 g/mol. The number of hydrogen-bond acceptors (Lipinski definition) is 1. The largest absolute Gasteiger partial charge is 0.252 e. The van der Waals surface area contributed by atoms with Gasteiger partial charge in [-0.05, 0) is 22.8 Å². The maximum atomic E-state index is 5.18. The van der Waals surface area contributed by atoms with E-state index in [1.807, 2.05) is 0 Å². The zero-order valence-corrected chi connectivity index (χ0v) is 16.7. The predicted molar refractivity (Wildman–Crippen MR) is 119 cm³/mol. The molecule has 1 heterocycles. The van der Waals surface area contributed by atoms with Crippen LogP contribution in [-0.4, -0.2) is 4.98 Å². The Kier molecular flexibility index (Phi) is 4.83. The first-order valence-electron chi connectivity index (χ1n) is 9.76. The molecule has 0 atom stereocenters. The van der Waals surface area contributed by atoms with Crippen LogP contribution in [0.1, 0.15) is 26.5 Å². The van der Waals surface area contributed by atoms with E-state index in [1.165, 1.54) is 22.3 Å². The van der Waals surface area contributed by atoms with Crippen molar-refractivity contribution in [1.29, 1.82) is 0 Å². The third kappa shape index (κ3) is 3.61. The summed E-state index contributed by atoms with van der Waals surface area (Å²) in [4.78, 5) is 5.18. The normalized spacial score (nSPS) is 11.4. The monoisotopic (exact) mass is 363 g/mol. The minimum atomic E-state index is -0.0394. The van der Waals surface area contributed by atoms with Gasteiger partial charge in [0, 0.05) is 22.2 Å². The number of hydrogen-bond donors (Lipinski definition) is 0. The van der Waals surface area contributed by atoms with Crippen molar-refractivity contribution in [2.45, 2.75) is 26.2 Å². The summed E-state index contributed by atoms with van der Waals surface area (Å²) in [7, 11) is 0. The molecule has 0 spiro atoms. The summed E-state index contributed by atoms with van der Waals surface area (Å²) in [6.07, 6.45) is 0. The standard InChI is InChI=1S/C27H25N/c1-27(2,3)24-19-23(20-13-7-4-8-14-20)25(21-15-9-5-10-16-21)26(28-24)22-17-11-6-12-18-22/h4-19H,1-3H3. The first kappa shape index (κ1) is 18.2. The highest BCUT2D eigenvalue weighted by Gasteiger charge is 2.22. The van der Waals surface area contributed by atoms with Crippen LogP contribution >= 0.6 is 0 Å². The lowest BCUT2D eigenvalue weighted by Gasteiger charge is -2.23. The third-order valence-corrected chi connectivity index (χ3v) is 4.98. The zero-order chi connectivity index (χ0) is 19.6. The Hall–Kier alpha value is -3.19. The van der Waals surface area contributed by atoms with E-state index >= 15 is 0 Å². The second-order valence-electron chi connectivity index (χ2n) is 8.13. The zero-order valence-electron chi connectivity index (χ0n) is 16.7. The van der Waals surface area contributed by atoms with Gasteiger partial charge in [-0.15, -0.1) is 0 Å². The summed E-state index contributed by atoms with van der Waals surface area (Å²) in [5, 5.41) is 0. The molecule has 0 N–H and O–H groups in total. The minimum absolute atomic E-state index is 0.0394. The predicted octanol–water partition coefficient (Wildman–Crippen LogP) is 7.38. The quantitative estimate of drug-likeness (QED) is 0.370. The van der Waals surface area contributed by atoms with Gasteiger partial charge in [-0.2, -0.15) is 0 Å². The SMILES string of the molecule is CC(C)(C)c1cc(-c2ccccc2)c(-c2ccccc2)c(-c2ccccc2)n1. The average Bonchev–Trinajstić information content (AvgIpc) is 2.74. The van der Waals surface area contributed by atoms with Crippen LogP contribution in [0.4, 0.5) is 0 Å². The van der Waals surface area contributed by atoms with Crippen molar-refractivity contribution in [2.24, 2.45) is 0 Å². The molecule has 1 aromatic heterocycles. The molecule has 4 rings (SSSR count). The third-order valence-electron chi connectivity index (χ3n) is 4.98. The maximum Gasteiger partial charge on any atom is 0.0790 e. The van der Waals surface area contributed by atoms with Gasteiger partial charge >= 0.3 is 0 Å². The van der Waals surface area contributed by atoms with Crippen molar-refractivity contribution in [2.75, 3.05) is 0 Å². The summed E-state index contributed by atoms with van der Waals surface area (Å²) < 4.78 is 0. The lowest BCUT2D eigenvalue weighted by Crippen LogP contribution is -2.15. The molecule has 28 heavy (non-hydrogen) atoms. The molecule has 1 heteroatoms. The van der Waals surface area contributed by atoms with Crippen LogP contribution in [0.25, 0.3) is 33.5 Å². The van der Waals surface area contributed by atoms with Gasteiger partial charge < -0.3 is 0 Å². The Bertz CT molecular complexity index is 999.